The van der Waals surface area contributed by atoms with Crippen LogP contribution in [-0.4, -0.2) is 42.0 Å². The Bertz CT molecular complexity index is 1170. The van der Waals surface area contributed by atoms with Gasteiger partial charge in [0.2, 0.25) is 5.91 Å². The van der Waals surface area contributed by atoms with Crippen LogP contribution in [-0.2, 0) is 28.5 Å². The lowest BCUT2D eigenvalue weighted by atomic mass is 10.1. The van der Waals surface area contributed by atoms with Gasteiger partial charge in [-0.05, 0) is 43.2 Å². The summed E-state index contributed by atoms with van der Waals surface area (Å²) in [4.78, 5) is 24.4. The molecule has 1 amide bonds. The first-order valence-corrected chi connectivity index (χ1v) is 12.1. The Morgan fingerprint density at radius 1 is 1.24 bits per heavy atom. The van der Waals surface area contributed by atoms with E-state index in [2.05, 4.69) is 20.3 Å². The van der Waals surface area contributed by atoms with Gasteiger partial charge in [0.1, 0.15) is 33.3 Å². The van der Waals surface area contributed by atoms with E-state index in [0.29, 0.717) is 38.5 Å². The van der Waals surface area contributed by atoms with E-state index in [1.807, 2.05) is 0 Å². The number of hydrogen-bond acceptors (Lipinski definition) is 6. The van der Waals surface area contributed by atoms with Crippen molar-refractivity contribution in [2.45, 2.75) is 35.8 Å². The number of pyridine rings is 1. The highest BCUT2D eigenvalue weighted by atomic mass is 35.5. The lowest BCUT2D eigenvalue weighted by Gasteiger charge is -2.21. The SMILES string of the molecule is O=C(NCc1cc(-c2ccc(C(F)(F)F)nc2)ncn1)C1CCCN1S(=O)c1ccc(Cl)s1. The Balaban J connectivity index is 1.41. The van der Waals surface area contributed by atoms with Crippen LogP contribution in [0.25, 0.3) is 11.3 Å². The summed E-state index contributed by atoms with van der Waals surface area (Å²) in [6, 6.07) is 6.55. The maximum Gasteiger partial charge on any atom is 0.433 e. The third-order valence-corrected chi connectivity index (χ3v) is 8.00. The molecule has 0 aliphatic carbocycles. The Morgan fingerprint density at radius 2 is 2.06 bits per heavy atom. The van der Waals surface area contributed by atoms with E-state index in [1.165, 1.54) is 23.7 Å². The number of carbonyl (C=O) groups is 1. The van der Waals surface area contributed by atoms with Crippen molar-refractivity contribution >= 4 is 39.8 Å². The molecule has 3 aromatic rings. The van der Waals surface area contributed by atoms with Gasteiger partial charge in [0.15, 0.2) is 0 Å². The minimum atomic E-state index is -4.52. The lowest BCUT2D eigenvalue weighted by molar-refractivity contribution is -0.141. The summed E-state index contributed by atoms with van der Waals surface area (Å²) in [6.07, 6.45) is -0.848. The van der Waals surface area contributed by atoms with Gasteiger partial charge in [0.05, 0.1) is 22.3 Å². The zero-order valence-electron chi connectivity index (χ0n) is 16.9. The summed E-state index contributed by atoms with van der Waals surface area (Å²) in [5.74, 6) is -0.278. The van der Waals surface area contributed by atoms with E-state index in [1.54, 1.807) is 22.5 Å². The third kappa shape index (κ3) is 5.57. The number of hydrogen-bond donors (Lipinski definition) is 1. The van der Waals surface area contributed by atoms with Gasteiger partial charge in [-0.3, -0.25) is 9.78 Å². The molecule has 33 heavy (non-hydrogen) atoms. The Hall–Kier alpha value is -2.41. The predicted octanol–water partition coefficient (Wildman–Crippen LogP) is 4.08. The zero-order valence-corrected chi connectivity index (χ0v) is 19.3. The van der Waals surface area contributed by atoms with E-state index in [4.69, 9.17) is 11.6 Å². The van der Waals surface area contributed by atoms with Crippen LogP contribution in [0.5, 0.6) is 0 Å². The number of carbonyl (C=O) groups excluding carboxylic acids is 1. The van der Waals surface area contributed by atoms with Crippen molar-refractivity contribution in [3.05, 3.63) is 58.6 Å². The van der Waals surface area contributed by atoms with E-state index in [0.717, 1.165) is 18.7 Å². The van der Waals surface area contributed by atoms with Gasteiger partial charge < -0.3 is 5.32 Å². The van der Waals surface area contributed by atoms with Crippen molar-refractivity contribution in [2.24, 2.45) is 0 Å². The molecule has 1 fully saturated rings. The van der Waals surface area contributed by atoms with Crippen LogP contribution >= 0.6 is 22.9 Å². The molecule has 0 spiro atoms. The summed E-state index contributed by atoms with van der Waals surface area (Å²) in [5, 5.41) is 2.80. The highest BCUT2D eigenvalue weighted by molar-refractivity contribution is 7.85. The second-order valence-electron chi connectivity index (χ2n) is 7.15. The van der Waals surface area contributed by atoms with Crippen LogP contribution < -0.4 is 5.32 Å². The van der Waals surface area contributed by atoms with Crippen LogP contribution in [0.2, 0.25) is 4.34 Å². The summed E-state index contributed by atoms with van der Waals surface area (Å²) >= 11 is 7.15. The lowest BCUT2D eigenvalue weighted by Crippen LogP contribution is -2.43. The molecule has 0 radical (unpaired) electrons. The first-order chi connectivity index (χ1) is 15.7. The summed E-state index contributed by atoms with van der Waals surface area (Å²) in [7, 11) is -1.48. The maximum absolute atomic E-state index is 12.8. The fourth-order valence-electron chi connectivity index (χ4n) is 3.37. The van der Waals surface area contributed by atoms with E-state index in [-0.39, 0.29) is 12.5 Å². The van der Waals surface area contributed by atoms with Crippen LogP contribution in [0.15, 0.2) is 47.1 Å². The van der Waals surface area contributed by atoms with Gasteiger partial charge in [0.25, 0.3) is 0 Å². The number of nitrogens with one attached hydrogen (secondary N) is 1. The molecule has 4 heterocycles. The average Bonchev–Trinajstić information content (AvgIpc) is 3.46. The number of nitrogens with zero attached hydrogens (tertiary/aromatic N) is 4. The number of amides is 1. The molecule has 1 saturated heterocycles. The van der Waals surface area contributed by atoms with Gasteiger partial charge in [0, 0.05) is 18.3 Å². The molecule has 174 valence electrons. The average molecular weight is 516 g/mol. The molecule has 4 rings (SSSR count). The molecular weight excluding hydrogens is 499 g/mol. The van der Waals surface area contributed by atoms with Crippen LogP contribution in [0.1, 0.15) is 24.2 Å². The molecule has 13 heteroatoms. The van der Waals surface area contributed by atoms with Gasteiger partial charge >= 0.3 is 6.18 Å². The maximum atomic E-state index is 12.8. The smallest absolute Gasteiger partial charge is 0.349 e. The van der Waals surface area contributed by atoms with E-state index >= 15 is 0 Å². The van der Waals surface area contributed by atoms with Gasteiger partial charge in [-0.15, -0.1) is 11.3 Å². The first kappa shape index (κ1) is 23.7. The van der Waals surface area contributed by atoms with Gasteiger partial charge in [-0.1, -0.05) is 11.6 Å². The quantitative estimate of drug-likeness (QED) is 0.534. The molecule has 2 unspecified atom stereocenters. The number of aromatic nitrogens is 3. The molecule has 1 N–H and O–H groups in total. The molecule has 7 nitrogen and oxygen atoms in total. The number of thiophene rings is 1. The molecule has 2 atom stereocenters. The van der Waals surface area contributed by atoms with Crippen molar-refractivity contribution in [1.29, 1.82) is 0 Å². The Morgan fingerprint density at radius 3 is 2.73 bits per heavy atom. The number of rotatable bonds is 6. The van der Waals surface area contributed by atoms with Gasteiger partial charge in [-0.25, -0.2) is 18.5 Å². The molecule has 3 aromatic heterocycles. The molecule has 1 aliphatic rings. The van der Waals surface area contributed by atoms with Crippen molar-refractivity contribution in [1.82, 2.24) is 24.6 Å². The summed E-state index contributed by atoms with van der Waals surface area (Å²) < 4.78 is 53.7. The van der Waals surface area contributed by atoms with Gasteiger partial charge in [-0.2, -0.15) is 13.2 Å². The van der Waals surface area contributed by atoms with Crippen LogP contribution in [0, 0.1) is 0 Å². The second-order valence-corrected chi connectivity index (χ2v) is 10.5. The minimum Gasteiger partial charge on any atom is -0.349 e. The van der Waals surface area contributed by atoms with Crippen molar-refractivity contribution in [2.75, 3.05) is 6.54 Å². The van der Waals surface area contributed by atoms with Crippen LogP contribution in [0.4, 0.5) is 13.2 Å². The van der Waals surface area contributed by atoms with Crippen LogP contribution in [0.3, 0.4) is 0 Å². The first-order valence-electron chi connectivity index (χ1n) is 9.78. The van der Waals surface area contributed by atoms with Crippen molar-refractivity contribution < 1.29 is 22.2 Å². The monoisotopic (exact) mass is 515 g/mol. The van der Waals surface area contributed by atoms with E-state index < -0.39 is 28.9 Å². The Labute approximate surface area is 198 Å². The topological polar surface area (TPSA) is 88.1 Å². The standard InChI is InChI=1S/C20H17ClF3N5O2S2/c21-17-5-6-18(32-17)33(31)29-7-1-2-15(29)19(30)26-10-13-8-14(28-11-27-13)12-3-4-16(25-9-12)20(22,23)24/h3-6,8-9,11,15H,1-2,7,10H2,(H,26,30). The second kappa shape index (κ2) is 9.84. The Kier molecular flexibility index (Phi) is 7.07. The molecule has 0 saturated carbocycles. The molecule has 0 bridgehead atoms. The fourth-order valence-corrected chi connectivity index (χ4v) is 6.27. The molecule has 0 aromatic carbocycles. The number of alkyl halides is 3. The normalized spacial score (nSPS) is 17.8. The summed E-state index contributed by atoms with van der Waals surface area (Å²) in [6.45, 7) is 0.614. The highest BCUT2D eigenvalue weighted by Crippen LogP contribution is 2.30. The largest absolute Gasteiger partial charge is 0.433 e. The zero-order chi connectivity index (χ0) is 23.6. The minimum absolute atomic E-state index is 0.0875. The van der Waals surface area contributed by atoms with E-state index in [9.17, 15) is 22.2 Å². The summed E-state index contributed by atoms with van der Waals surface area (Å²) in [5.41, 5.74) is 0.263. The number of halogens is 4. The molecular formula is C20H17ClF3N5O2S2. The van der Waals surface area contributed by atoms with Crippen molar-refractivity contribution in [3.63, 3.8) is 0 Å². The van der Waals surface area contributed by atoms with Crippen molar-refractivity contribution in [3.8, 4) is 11.3 Å². The fraction of sp³-hybridized carbons (Fsp3) is 0.300. The predicted molar refractivity (Wildman–Crippen MR) is 118 cm³/mol. The highest BCUT2D eigenvalue weighted by Gasteiger charge is 2.35. The third-order valence-electron chi connectivity index (χ3n) is 4.96. The molecule has 1 aliphatic heterocycles.